The number of carbonyl (C=O) groups is 3. The van der Waals surface area contributed by atoms with Crippen LogP contribution in [-0.4, -0.2) is 30.9 Å². The van der Waals surface area contributed by atoms with Crippen molar-refractivity contribution in [2.24, 2.45) is 5.73 Å². The van der Waals surface area contributed by atoms with Gasteiger partial charge in [0, 0.05) is 5.56 Å². The third-order valence-corrected chi connectivity index (χ3v) is 4.56. The Hall–Kier alpha value is -4.53. The number of hydrogen-bond acceptors (Lipinski definition) is 6. The van der Waals surface area contributed by atoms with Crippen LogP contribution in [0.2, 0.25) is 0 Å². The molecule has 0 spiro atoms. The first kappa shape index (κ1) is 24.1. The lowest BCUT2D eigenvalue weighted by Crippen LogP contribution is -2.43. The number of nitrogens with two attached hydrogens (primary N) is 1. The van der Waals surface area contributed by atoms with Crippen molar-refractivity contribution in [2.45, 2.75) is 13.5 Å². The summed E-state index contributed by atoms with van der Waals surface area (Å²) in [7, 11) is 0. The first-order valence-electron chi connectivity index (χ1n) is 10.5. The fourth-order valence-electron chi connectivity index (χ4n) is 2.98. The van der Waals surface area contributed by atoms with Gasteiger partial charge in [0.1, 0.15) is 12.4 Å². The Balaban J connectivity index is 1.51. The SMILES string of the molecule is CCOc1ccccc1OCC(=O)NNC(=O)c1cccc(COc2ccccc2C(N)=O)c1. The van der Waals surface area contributed by atoms with Gasteiger partial charge in [-0.3, -0.25) is 25.2 Å². The fourth-order valence-corrected chi connectivity index (χ4v) is 2.98. The summed E-state index contributed by atoms with van der Waals surface area (Å²) in [6, 6.07) is 20.3. The van der Waals surface area contributed by atoms with Crippen molar-refractivity contribution in [2.75, 3.05) is 13.2 Å². The maximum atomic E-state index is 12.4. The lowest BCUT2D eigenvalue weighted by atomic mass is 10.1. The molecule has 0 bridgehead atoms. The van der Waals surface area contributed by atoms with Crippen molar-refractivity contribution in [1.29, 1.82) is 0 Å². The molecule has 3 aromatic rings. The predicted octanol–water partition coefficient (Wildman–Crippen LogP) is 2.60. The summed E-state index contributed by atoms with van der Waals surface area (Å²) in [5, 5.41) is 0. The molecule has 3 aromatic carbocycles. The molecule has 0 aromatic heterocycles. The zero-order valence-electron chi connectivity index (χ0n) is 18.6. The lowest BCUT2D eigenvalue weighted by Gasteiger charge is -2.12. The van der Waals surface area contributed by atoms with E-state index in [2.05, 4.69) is 10.9 Å². The average molecular weight is 463 g/mol. The quantitative estimate of drug-likeness (QED) is 0.397. The summed E-state index contributed by atoms with van der Waals surface area (Å²) < 4.78 is 16.6. The van der Waals surface area contributed by atoms with Crippen molar-refractivity contribution in [3.8, 4) is 17.2 Å². The van der Waals surface area contributed by atoms with Crippen LogP contribution in [0.3, 0.4) is 0 Å². The predicted molar refractivity (Wildman–Crippen MR) is 124 cm³/mol. The summed E-state index contributed by atoms with van der Waals surface area (Å²) in [6.45, 7) is 2.12. The largest absolute Gasteiger partial charge is 0.490 e. The van der Waals surface area contributed by atoms with Crippen molar-refractivity contribution >= 4 is 17.7 Å². The second-order valence-electron chi connectivity index (χ2n) is 7.02. The lowest BCUT2D eigenvalue weighted by molar-refractivity contribution is -0.123. The van der Waals surface area contributed by atoms with Crippen LogP contribution in [-0.2, 0) is 11.4 Å². The zero-order valence-corrected chi connectivity index (χ0v) is 18.6. The number of nitrogens with one attached hydrogen (secondary N) is 2. The molecule has 34 heavy (non-hydrogen) atoms. The standard InChI is InChI=1S/C25H25N3O6/c1-2-32-21-12-5-6-13-22(21)34-16-23(29)27-28-25(31)18-9-7-8-17(14-18)15-33-20-11-4-3-10-19(20)24(26)30/h3-14H,2,15-16H2,1H3,(H2,26,30)(H,27,29)(H,28,31). The maximum absolute atomic E-state index is 12.4. The molecule has 0 saturated heterocycles. The van der Waals surface area contributed by atoms with Gasteiger partial charge < -0.3 is 19.9 Å². The van der Waals surface area contributed by atoms with E-state index in [9.17, 15) is 14.4 Å². The number of rotatable bonds is 10. The molecule has 0 aliphatic heterocycles. The van der Waals surface area contributed by atoms with Crippen LogP contribution in [0.4, 0.5) is 0 Å². The van der Waals surface area contributed by atoms with Crippen LogP contribution in [0.5, 0.6) is 17.2 Å². The van der Waals surface area contributed by atoms with Gasteiger partial charge >= 0.3 is 0 Å². The van der Waals surface area contributed by atoms with Crippen molar-refractivity contribution < 1.29 is 28.6 Å². The van der Waals surface area contributed by atoms with Gasteiger partial charge in [0.15, 0.2) is 18.1 Å². The van der Waals surface area contributed by atoms with Crippen LogP contribution in [0, 0.1) is 0 Å². The highest BCUT2D eigenvalue weighted by molar-refractivity contribution is 5.96. The van der Waals surface area contributed by atoms with E-state index in [-0.39, 0.29) is 18.8 Å². The molecule has 9 nitrogen and oxygen atoms in total. The fraction of sp³-hybridized carbons (Fsp3) is 0.160. The van der Waals surface area contributed by atoms with E-state index in [0.717, 1.165) is 0 Å². The van der Waals surface area contributed by atoms with Crippen LogP contribution in [0.15, 0.2) is 72.8 Å². The van der Waals surface area contributed by atoms with Crippen LogP contribution >= 0.6 is 0 Å². The van der Waals surface area contributed by atoms with Gasteiger partial charge in [0.25, 0.3) is 17.7 Å². The summed E-state index contributed by atoms with van der Waals surface area (Å²) in [4.78, 5) is 36.0. The van der Waals surface area contributed by atoms with Crippen LogP contribution in [0.1, 0.15) is 33.2 Å². The first-order valence-corrected chi connectivity index (χ1v) is 10.5. The van der Waals surface area contributed by atoms with E-state index in [1.54, 1.807) is 72.8 Å². The van der Waals surface area contributed by atoms with Gasteiger partial charge in [-0.05, 0) is 48.9 Å². The molecule has 176 valence electrons. The molecule has 3 amide bonds. The number of hydrogen-bond donors (Lipinski definition) is 3. The normalized spacial score (nSPS) is 10.1. The number of ether oxygens (including phenoxy) is 3. The van der Waals surface area contributed by atoms with E-state index in [1.807, 2.05) is 6.92 Å². The van der Waals surface area contributed by atoms with Gasteiger partial charge in [-0.2, -0.15) is 0 Å². The molecule has 4 N–H and O–H groups in total. The van der Waals surface area contributed by atoms with Gasteiger partial charge in [0.05, 0.1) is 12.2 Å². The number of para-hydroxylation sites is 3. The number of benzene rings is 3. The molecule has 0 heterocycles. The number of amides is 3. The second-order valence-corrected chi connectivity index (χ2v) is 7.02. The second kappa shape index (κ2) is 11.9. The summed E-state index contributed by atoms with van der Waals surface area (Å²) >= 11 is 0. The monoisotopic (exact) mass is 463 g/mol. The van der Waals surface area contributed by atoms with E-state index < -0.39 is 17.7 Å². The summed E-state index contributed by atoms with van der Waals surface area (Å²) in [5.41, 5.74) is 11.3. The molecular formula is C25H25N3O6. The van der Waals surface area contributed by atoms with Crippen molar-refractivity contribution in [3.63, 3.8) is 0 Å². The van der Waals surface area contributed by atoms with Gasteiger partial charge in [-0.25, -0.2) is 0 Å². The smallest absolute Gasteiger partial charge is 0.276 e. The molecule has 3 rings (SSSR count). The Morgan fingerprint density at radius 1 is 0.794 bits per heavy atom. The molecular weight excluding hydrogens is 438 g/mol. The van der Waals surface area contributed by atoms with E-state index in [4.69, 9.17) is 19.9 Å². The van der Waals surface area contributed by atoms with Crippen molar-refractivity contribution in [3.05, 3.63) is 89.5 Å². The van der Waals surface area contributed by atoms with Crippen LogP contribution in [0.25, 0.3) is 0 Å². The number of hydrazine groups is 1. The third kappa shape index (κ3) is 6.73. The maximum Gasteiger partial charge on any atom is 0.276 e. The average Bonchev–Trinajstić information content (AvgIpc) is 2.86. The molecule has 0 atom stereocenters. The Labute approximate surface area is 196 Å². The van der Waals surface area contributed by atoms with Crippen LogP contribution < -0.4 is 30.8 Å². The molecule has 0 aliphatic rings. The molecule has 9 heteroatoms. The third-order valence-electron chi connectivity index (χ3n) is 4.56. The Kier molecular flexibility index (Phi) is 8.45. The van der Waals surface area contributed by atoms with E-state index in [0.29, 0.717) is 35.0 Å². The minimum atomic E-state index is -0.593. The topological polar surface area (TPSA) is 129 Å². The highest BCUT2D eigenvalue weighted by Crippen LogP contribution is 2.26. The molecule has 0 radical (unpaired) electrons. The number of carbonyl (C=O) groups excluding carboxylic acids is 3. The first-order chi connectivity index (χ1) is 16.5. The highest BCUT2D eigenvalue weighted by atomic mass is 16.5. The van der Waals surface area contributed by atoms with Gasteiger partial charge in [-0.1, -0.05) is 36.4 Å². The van der Waals surface area contributed by atoms with Gasteiger partial charge in [-0.15, -0.1) is 0 Å². The zero-order chi connectivity index (χ0) is 24.3. The molecule has 0 fully saturated rings. The molecule has 0 unspecified atom stereocenters. The van der Waals surface area contributed by atoms with Gasteiger partial charge in [0.2, 0.25) is 0 Å². The molecule has 0 saturated carbocycles. The Morgan fingerprint density at radius 3 is 2.18 bits per heavy atom. The van der Waals surface area contributed by atoms with E-state index >= 15 is 0 Å². The molecule has 0 aliphatic carbocycles. The van der Waals surface area contributed by atoms with E-state index in [1.165, 1.54) is 0 Å². The minimum absolute atomic E-state index is 0.116. The summed E-state index contributed by atoms with van der Waals surface area (Å²) in [5.74, 6) is -0.340. The highest BCUT2D eigenvalue weighted by Gasteiger charge is 2.12. The minimum Gasteiger partial charge on any atom is -0.490 e. The summed E-state index contributed by atoms with van der Waals surface area (Å²) in [6.07, 6.45) is 0. The number of primary amides is 1. The Bertz CT molecular complexity index is 1160. The Morgan fingerprint density at radius 2 is 1.47 bits per heavy atom. The van der Waals surface area contributed by atoms with Crippen molar-refractivity contribution in [1.82, 2.24) is 10.9 Å².